The van der Waals surface area contributed by atoms with Crippen LogP contribution in [0.4, 0.5) is 0 Å². The number of aromatic nitrogens is 3. The fourth-order valence-corrected chi connectivity index (χ4v) is 4.18. The van der Waals surface area contributed by atoms with E-state index in [1.807, 2.05) is 52.9 Å². The van der Waals surface area contributed by atoms with Gasteiger partial charge in [-0.3, -0.25) is 9.69 Å². The fourth-order valence-electron chi connectivity index (χ4n) is 4.18. The van der Waals surface area contributed by atoms with Gasteiger partial charge in [0.2, 0.25) is 0 Å². The second kappa shape index (κ2) is 7.59. The van der Waals surface area contributed by atoms with Crippen LogP contribution in [0.5, 0.6) is 0 Å². The highest BCUT2D eigenvalue weighted by Crippen LogP contribution is 2.30. The lowest BCUT2D eigenvalue weighted by Crippen LogP contribution is -2.49. The monoisotopic (exact) mass is 389 g/mol. The number of piperazine rings is 1. The highest BCUT2D eigenvalue weighted by molar-refractivity contribution is 6.06. The molecule has 1 aromatic carbocycles. The second-order valence-electron chi connectivity index (χ2n) is 8.15. The highest BCUT2D eigenvalue weighted by Gasteiger charge is 2.29. The smallest absolute Gasteiger partial charge is 0.254 e. The number of pyridine rings is 1. The Morgan fingerprint density at radius 1 is 1.10 bits per heavy atom. The van der Waals surface area contributed by atoms with Crippen LogP contribution in [0.3, 0.4) is 0 Å². The van der Waals surface area contributed by atoms with Crippen LogP contribution in [0.15, 0.2) is 42.6 Å². The van der Waals surface area contributed by atoms with Crippen LogP contribution in [0, 0.1) is 5.92 Å². The molecule has 0 bridgehead atoms. The highest BCUT2D eigenvalue weighted by atomic mass is 16.2. The van der Waals surface area contributed by atoms with Gasteiger partial charge in [-0.05, 0) is 31.7 Å². The SMILES string of the molecule is CCn1ncc2c(C(=O)N3CCN(CC4CC4)CC3)cc(-c3ccccc3)nc21. The Hall–Kier alpha value is -2.73. The average molecular weight is 390 g/mol. The first-order chi connectivity index (χ1) is 14.2. The van der Waals surface area contributed by atoms with Crippen molar-refractivity contribution in [1.29, 1.82) is 0 Å². The lowest BCUT2D eigenvalue weighted by atomic mass is 10.1. The van der Waals surface area contributed by atoms with Crippen LogP contribution in [-0.2, 0) is 6.54 Å². The van der Waals surface area contributed by atoms with E-state index in [-0.39, 0.29) is 5.91 Å². The molecule has 1 amide bonds. The molecular weight excluding hydrogens is 362 g/mol. The van der Waals surface area contributed by atoms with E-state index >= 15 is 0 Å². The molecule has 0 unspecified atom stereocenters. The quantitative estimate of drug-likeness (QED) is 0.672. The fraction of sp³-hybridized carbons (Fsp3) is 0.435. The molecule has 1 saturated carbocycles. The topological polar surface area (TPSA) is 54.3 Å². The molecule has 6 heteroatoms. The van der Waals surface area contributed by atoms with Crippen LogP contribution in [0.2, 0.25) is 0 Å². The van der Waals surface area contributed by atoms with E-state index in [9.17, 15) is 4.79 Å². The van der Waals surface area contributed by atoms with Crippen molar-refractivity contribution in [2.75, 3.05) is 32.7 Å². The molecule has 150 valence electrons. The summed E-state index contributed by atoms with van der Waals surface area (Å²) in [7, 11) is 0. The predicted octanol–water partition coefficient (Wildman–Crippen LogP) is 3.29. The van der Waals surface area contributed by atoms with Crippen LogP contribution >= 0.6 is 0 Å². The molecule has 3 aromatic rings. The molecule has 2 aliphatic rings. The molecule has 5 rings (SSSR count). The number of amides is 1. The van der Waals surface area contributed by atoms with Crippen LogP contribution in [0.1, 0.15) is 30.1 Å². The third kappa shape index (κ3) is 3.65. The number of nitrogens with zero attached hydrogens (tertiary/aromatic N) is 5. The zero-order valence-corrected chi connectivity index (χ0v) is 16.9. The van der Waals surface area contributed by atoms with Crippen molar-refractivity contribution in [3.63, 3.8) is 0 Å². The van der Waals surface area contributed by atoms with Gasteiger partial charge in [0.25, 0.3) is 5.91 Å². The summed E-state index contributed by atoms with van der Waals surface area (Å²) in [5.41, 5.74) is 3.33. The van der Waals surface area contributed by atoms with E-state index in [1.165, 1.54) is 19.4 Å². The summed E-state index contributed by atoms with van der Waals surface area (Å²) in [5.74, 6) is 0.988. The van der Waals surface area contributed by atoms with Crippen molar-refractivity contribution in [2.45, 2.75) is 26.3 Å². The van der Waals surface area contributed by atoms with Gasteiger partial charge in [-0.15, -0.1) is 0 Å². The minimum absolute atomic E-state index is 0.0938. The van der Waals surface area contributed by atoms with Crippen molar-refractivity contribution >= 4 is 16.9 Å². The van der Waals surface area contributed by atoms with Crippen molar-refractivity contribution in [3.05, 3.63) is 48.2 Å². The Morgan fingerprint density at radius 3 is 2.55 bits per heavy atom. The third-order valence-electron chi connectivity index (χ3n) is 6.08. The standard InChI is InChI=1S/C23H27N5O/c1-2-28-22-20(15-24-28)19(14-21(25-22)18-6-4-3-5-7-18)23(29)27-12-10-26(11-13-27)16-17-8-9-17/h3-7,14-15,17H,2,8-13,16H2,1H3. The molecule has 0 N–H and O–H groups in total. The molecule has 2 aromatic heterocycles. The minimum atomic E-state index is 0.0938. The molecule has 3 heterocycles. The molecule has 0 radical (unpaired) electrons. The van der Waals surface area contributed by atoms with Gasteiger partial charge in [-0.2, -0.15) is 5.10 Å². The first-order valence-electron chi connectivity index (χ1n) is 10.7. The van der Waals surface area contributed by atoms with Crippen molar-refractivity contribution in [2.24, 2.45) is 5.92 Å². The average Bonchev–Trinajstić information content (AvgIpc) is 3.49. The van der Waals surface area contributed by atoms with Gasteiger partial charge in [-0.1, -0.05) is 30.3 Å². The molecular formula is C23H27N5O. The van der Waals surface area contributed by atoms with Crippen LogP contribution < -0.4 is 0 Å². The zero-order chi connectivity index (χ0) is 19.8. The van der Waals surface area contributed by atoms with E-state index in [0.717, 1.165) is 60.9 Å². The Balaban J connectivity index is 1.46. The molecule has 0 spiro atoms. The molecule has 1 aliphatic heterocycles. The molecule has 2 fully saturated rings. The van der Waals surface area contributed by atoms with Gasteiger partial charge < -0.3 is 4.90 Å². The lowest BCUT2D eigenvalue weighted by Gasteiger charge is -2.35. The zero-order valence-electron chi connectivity index (χ0n) is 16.9. The van der Waals surface area contributed by atoms with Gasteiger partial charge >= 0.3 is 0 Å². The summed E-state index contributed by atoms with van der Waals surface area (Å²) in [6.07, 6.45) is 4.53. The molecule has 6 nitrogen and oxygen atoms in total. The van der Waals surface area contributed by atoms with E-state index in [2.05, 4.69) is 10.00 Å². The number of fused-ring (bicyclic) bond motifs is 1. The van der Waals surface area contributed by atoms with Crippen LogP contribution in [-0.4, -0.2) is 63.2 Å². The van der Waals surface area contributed by atoms with Crippen molar-refractivity contribution in [1.82, 2.24) is 24.6 Å². The summed E-state index contributed by atoms with van der Waals surface area (Å²) >= 11 is 0. The number of rotatable bonds is 5. The number of hydrogen-bond acceptors (Lipinski definition) is 4. The van der Waals surface area contributed by atoms with E-state index in [1.54, 1.807) is 6.20 Å². The maximum atomic E-state index is 13.5. The Bertz CT molecular complexity index is 1020. The first kappa shape index (κ1) is 18.3. The summed E-state index contributed by atoms with van der Waals surface area (Å²) in [5, 5.41) is 5.31. The molecule has 29 heavy (non-hydrogen) atoms. The number of benzene rings is 1. The van der Waals surface area contributed by atoms with Crippen LogP contribution in [0.25, 0.3) is 22.3 Å². The number of carbonyl (C=O) groups excluding carboxylic acids is 1. The van der Waals surface area contributed by atoms with Gasteiger partial charge in [0.15, 0.2) is 5.65 Å². The van der Waals surface area contributed by atoms with Crippen molar-refractivity contribution in [3.8, 4) is 11.3 Å². The van der Waals surface area contributed by atoms with E-state index in [4.69, 9.17) is 4.98 Å². The summed E-state index contributed by atoms with van der Waals surface area (Å²) in [6.45, 7) is 7.48. The predicted molar refractivity (Wildman–Crippen MR) is 114 cm³/mol. The van der Waals surface area contributed by atoms with Gasteiger partial charge in [-0.25, -0.2) is 9.67 Å². The number of carbonyl (C=O) groups is 1. The Kier molecular flexibility index (Phi) is 4.79. The summed E-state index contributed by atoms with van der Waals surface area (Å²) in [6, 6.07) is 12.0. The maximum absolute atomic E-state index is 13.5. The molecule has 1 saturated heterocycles. The van der Waals surface area contributed by atoms with Gasteiger partial charge in [0, 0.05) is 44.8 Å². The maximum Gasteiger partial charge on any atom is 0.254 e. The Morgan fingerprint density at radius 2 is 1.86 bits per heavy atom. The minimum Gasteiger partial charge on any atom is -0.336 e. The normalized spacial score (nSPS) is 17.8. The Labute approximate surface area is 171 Å². The molecule has 0 atom stereocenters. The first-order valence-corrected chi connectivity index (χ1v) is 10.7. The lowest BCUT2D eigenvalue weighted by molar-refractivity contribution is 0.0634. The van der Waals surface area contributed by atoms with Crippen molar-refractivity contribution < 1.29 is 4.79 Å². The number of aryl methyl sites for hydroxylation is 1. The van der Waals surface area contributed by atoms with E-state index in [0.29, 0.717) is 5.56 Å². The molecule has 1 aliphatic carbocycles. The van der Waals surface area contributed by atoms with Gasteiger partial charge in [0.05, 0.1) is 22.8 Å². The third-order valence-corrected chi connectivity index (χ3v) is 6.08. The second-order valence-corrected chi connectivity index (χ2v) is 8.15. The van der Waals surface area contributed by atoms with E-state index < -0.39 is 0 Å². The summed E-state index contributed by atoms with van der Waals surface area (Å²) in [4.78, 5) is 22.8. The largest absolute Gasteiger partial charge is 0.336 e. The number of hydrogen-bond donors (Lipinski definition) is 0. The summed E-state index contributed by atoms with van der Waals surface area (Å²) < 4.78 is 1.87. The van der Waals surface area contributed by atoms with Gasteiger partial charge in [0.1, 0.15) is 0 Å².